The molecule has 3 atom stereocenters. The summed E-state index contributed by atoms with van der Waals surface area (Å²) >= 11 is 0. The minimum absolute atomic E-state index is 0.0401. The molecule has 4 heteroatoms. The number of nitrogens with zero attached hydrogens (tertiary/aromatic N) is 1. The van der Waals surface area contributed by atoms with Gasteiger partial charge in [-0.25, -0.2) is 0 Å². The molecule has 1 fully saturated rings. The van der Waals surface area contributed by atoms with Gasteiger partial charge in [-0.15, -0.1) is 0 Å². The van der Waals surface area contributed by atoms with Gasteiger partial charge in [-0.2, -0.15) is 0 Å². The van der Waals surface area contributed by atoms with Gasteiger partial charge < -0.3 is 10.2 Å². The van der Waals surface area contributed by atoms with Crippen molar-refractivity contribution in [2.24, 2.45) is 11.8 Å². The zero-order chi connectivity index (χ0) is 20.2. The molecule has 152 valence electrons. The summed E-state index contributed by atoms with van der Waals surface area (Å²) in [4.78, 5) is 28.3. The van der Waals surface area contributed by atoms with Crippen LogP contribution in [-0.4, -0.2) is 24.9 Å². The Labute approximate surface area is 173 Å². The van der Waals surface area contributed by atoms with Gasteiger partial charge in [0.25, 0.3) is 0 Å². The summed E-state index contributed by atoms with van der Waals surface area (Å²) in [7, 11) is 0. The van der Waals surface area contributed by atoms with Crippen molar-refractivity contribution >= 4 is 17.5 Å². The molecule has 4 rings (SSSR count). The number of carbonyl (C=O) groups excluding carboxylic acids is 2. The van der Waals surface area contributed by atoms with E-state index in [1.54, 1.807) is 0 Å². The number of nitrogens with one attached hydrogen (secondary N) is 1. The lowest BCUT2D eigenvalue weighted by atomic mass is 9.77. The Hall–Kier alpha value is -2.62. The molecule has 0 radical (unpaired) electrons. The van der Waals surface area contributed by atoms with Crippen molar-refractivity contribution in [1.29, 1.82) is 0 Å². The SMILES string of the molecule is CC(CNC(=O)C1CCCCC1C(=O)N1CCc2ccccc21)c1ccccc1. The summed E-state index contributed by atoms with van der Waals surface area (Å²) < 4.78 is 0. The molecule has 0 bridgehead atoms. The zero-order valence-corrected chi connectivity index (χ0v) is 17.1. The number of fused-ring (bicyclic) bond motifs is 1. The van der Waals surface area contributed by atoms with Gasteiger partial charge in [0.1, 0.15) is 0 Å². The predicted molar refractivity (Wildman–Crippen MR) is 116 cm³/mol. The average Bonchev–Trinajstić information content (AvgIpc) is 3.21. The molecule has 29 heavy (non-hydrogen) atoms. The van der Waals surface area contributed by atoms with Gasteiger partial charge in [0.05, 0.1) is 5.92 Å². The smallest absolute Gasteiger partial charge is 0.230 e. The molecule has 0 saturated heterocycles. The largest absolute Gasteiger partial charge is 0.355 e. The van der Waals surface area contributed by atoms with Crippen LogP contribution in [0.2, 0.25) is 0 Å². The molecule has 1 aliphatic carbocycles. The first-order chi connectivity index (χ1) is 14.1. The predicted octanol–water partition coefficient (Wildman–Crippen LogP) is 4.30. The van der Waals surface area contributed by atoms with Gasteiger partial charge in [-0.05, 0) is 42.4 Å². The van der Waals surface area contributed by atoms with Gasteiger partial charge >= 0.3 is 0 Å². The van der Waals surface area contributed by atoms with Crippen molar-refractivity contribution < 1.29 is 9.59 Å². The van der Waals surface area contributed by atoms with E-state index < -0.39 is 0 Å². The first kappa shape index (κ1) is 19.7. The fourth-order valence-corrected chi connectivity index (χ4v) is 4.79. The van der Waals surface area contributed by atoms with Crippen LogP contribution >= 0.6 is 0 Å². The lowest BCUT2D eigenvalue weighted by Gasteiger charge is -2.33. The zero-order valence-electron chi connectivity index (χ0n) is 17.1. The summed E-state index contributed by atoms with van der Waals surface area (Å²) in [5.74, 6) is 0.00138. The Morgan fingerprint density at radius 3 is 2.48 bits per heavy atom. The molecule has 2 aromatic rings. The maximum absolute atomic E-state index is 13.4. The molecule has 3 unspecified atom stereocenters. The Morgan fingerprint density at radius 2 is 1.69 bits per heavy atom. The minimum atomic E-state index is -0.216. The van der Waals surface area contributed by atoms with E-state index in [1.165, 1.54) is 11.1 Å². The van der Waals surface area contributed by atoms with Crippen LogP contribution in [0.3, 0.4) is 0 Å². The quantitative estimate of drug-likeness (QED) is 0.827. The van der Waals surface area contributed by atoms with Gasteiger partial charge in [0, 0.05) is 24.7 Å². The maximum atomic E-state index is 13.4. The first-order valence-corrected chi connectivity index (χ1v) is 10.9. The number of para-hydroxylation sites is 1. The van der Waals surface area contributed by atoms with Crippen LogP contribution in [-0.2, 0) is 16.0 Å². The van der Waals surface area contributed by atoms with Gasteiger partial charge in [0.2, 0.25) is 11.8 Å². The van der Waals surface area contributed by atoms with Crippen LogP contribution in [0.5, 0.6) is 0 Å². The van der Waals surface area contributed by atoms with E-state index in [0.717, 1.165) is 44.3 Å². The molecule has 2 amide bonds. The molecule has 0 aromatic heterocycles. The summed E-state index contributed by atoms with van der Waals surface area (Å²) in [6, 6.07) is 18.4. The molecule has 1 N–H and O–H groups in total. The second-order valence-corrected chi connectivity index (χ2v) is 8.42. The van der Waals surface area contributed by atoms with Crippen LogP contribution in [0.15, 0.2) is 54.6 Å². The summed E-state index contributed by atoms with van der Waals surface area (Å²) in [5, 5.41) is 3.14. The fourth-order valence-electron chi connectivity index (χ4n) is 4.79. The molecule has 0 spiro atoms. The summed E-state index contributed by atoms with van der Waals surface area (Å²) in [6.45, 7) is 3.46. The highest BCUT2D eigenvalue weighted by molar-refractivity contribution is 5.99. The topological polar surface area (TPSA) is 49.4 Å². The van der Waals surface area contributed by atoms with E-state index in [1.807, 2.05) is 41.3 Å². The van der Waals surface area contributed by atoms with Gasteiger partial charge in [0.15, 0.2) is 0 Å². The first-order valence-electron chi connectivity index (χ1n) is 10.9. The van der Waals surface area contributed by atoms with Crippen molar-refractivity contribution in [2.45, 2.75) is 44.9 Å². The number of carbonyl (C=O) groups is 2. The number of hydrogen-bond acceptors (Lipinski definition) is 2. The Bertz CT molecular complexity index is 864. The van der Waals surface area contributed by atoms with Crippen molar-refractivity contribution in [2.75, 3.05) is 18.0 Å². The number of rotatable bonds is 5. The number of benzene rings is 2. The van der Waals surface area contributed by atoms with E-state index >= 15 is 0 Å². The molecule has 1 saturated carbocycles. The van der Waals surface area contributed by atoms with E-state index in [2.05, 4.69) is 30.4 Å². The normalized spacial score (nSPS) is 22.0. The lowest BCUT2D eigenvalue weighted by Crippen LogP contribution is -2.45. The molecule has 2 aromatic carbocycles. The highest BCUT2D eigenvalue weighted by Gasteiger charge is 2.39. The van der Waals surface area contributed by atoms with Crippen LogP contribution < -0.4 is 10.2 Å². The number of anilines is 1. The van der Waals surface area contributed by atoms with Crippen molar-refractivity contribution in [3.05, 3.63) is 65.7 Å². The third-order valence-electron chi connectivity index (χ3n) is 6.52. The average molecular weight is 391 g/mol. The van der Waals surface area contributed by atoms with Crippen LogP contribution in [0, 0.1) is 11.8 Å². The van der Waals surface area contributed by atoms with E-state index in [-0.39, 0.29) is 29.6 Å². The van der Waals surface area contributed by atoms with Crippen molar-refractivity contribution in [3.8, 4) is 0 Å². The standard InChI is InChI=1S/C25H30N2O2/c1-18(19-9-3-2-4-10-19)17-26-24(28)21-12-6-7-13-22(21)25(29)27-16-15-20-11-5-8-14-23(20)27/h2-5,8-11,14,18,21-22H,6-7,12-13,15-17H2,1H3,(H,26,28). The molecule has 1 aliphatic heterocycles. The van der Waals surface area contributed by atoms with Crippen LogP contribution in [0.1, 0.15) is 49.7 Å². The van der Waals surface area contributed by atoms with Crippen LogP contribution in [0.4, 0.5) is 5.69 Å². The minimum Gasteiger partial charge on any atom is -0.355 e. The van der Waals surface area contributed by atoms with Gasteiger partial charge in [-0.1, -0.05) is 68.3 Å². The third kappa shape index (κ3) is 4.21. The Morgan fingerprint density at radius 1 is 1.00 bits per heavy atom. The second kappa shape index (κ2) is 8.81. The molecular formula is C25H30N2O2. The molecule has 4 nitrogen and oxygen atoms in total. The van der Waals surface area contributed by atoms with Crippen molar-refractivity contribution in [1.82, 2.24) is 5.32 Å². The van der Waals surface area contributed by atoms with E-state index in [0.29, 0.717) is 6.54 Å². The van der Waals surface area contributed by atoms with Gasteiger partial charge in [-0.3, -0.25) is 9.59 Å². The lowest BCUT2D eigenvalue weighted by molar-refractivity contribution is -0.135. The monoisotopic (exact) mass is 390 g/mol. The van der Waals surface area contributed by atoms with E-state index in [4.69, 9.17) is 0 Å². The highest BCUT2D eigenvalue weighted by Crippen LogP contribution is 2.36. The summed E-state index contributed by atoms with van der Waals surface area (Å²) in [5.41, 5.74) is 3.48. The van der Waals surface area contributed by atoms with Crippen molar-refractivity contribution in [3.63, 3.8) is 0 Å². The van der Waals surface area contributed by atoms with E-state index in [9.17, 15) is 9.59 Å². The Kier molecular flexibility index (Phi) is 5.98. The molecule has 1 heterocycles. The number of hydrogen-bond donors (Lipinski definition) is 1. The second-order valence-electron chi connectivity index (χ2n) is 8.42. The molecule has 2 aliphatic rings. The maximum Gasteiger partial charge on any atom is 0.230 e. The highest BCUT2D eigenvalue weighted by atomic mass is 16.2. The third-order valence-corrected chi connectivity index (χ3v) is 6.52. The fraction of sp³-hybridized carbons (Fsp3) is 0.440. The van der Waals surface area contributed by atoms with Crippen LogP contribution in [0.25, 0.3) is 0 Å². The molecular weight excluding hydrogens is 360 g/mol. The Balaban J connectivity index is 1.42. The summed E-state index contributed by atoms with van der Waals surface area (Å²) in [6.07, 6.45) is 4.56. The number of amides is 2.